The second kappa shape index (κ2) is 7.79. The van der Waals surface area contributed by atoms with E-state index in [1.165, 1.54) is 0 Å². The largest absolute Gasteiger partial charge is 0.383 e. The summed E-state index contributed by atoms with van der Waals surface area (Å²) >= 11 is 0. The van der Waals surface area contributed by atoms with Gasteiger partial charge in [0.05, 0.1) is 12.9 Å². The van der Waals surface area contributed by atoms with E-state index in [-0.39, 0.29) is 17.6 Å². The Morgan fingerprint density at radius 1 is 1.30 bits per heavy atom. The van der Waals surface area contributed by atoms with Crippen molar-refractivity contribution in [1.29, 1.82) is 0 Å². The van der Waals surface area contributed by atoms with Crippen LogP contribution in [0.15, 0.2) is 24.3 Å². The first-order valence-electron chi connectivity index (χ1n) is 7.66. The van der Waals surface area contributed by atoms with Gasteiger partial charge in [-0.1, -0.05) is 24.6 Å². The lowest BCUT2D eigenvalue weighted by Gasteiger charge is -2.32. The molecule has 7 heteroatoms. The smallest absolute Gasteiger partial charge is 0.306 e. The van der Waals surface area contributed by atoms with Crippen molar-refractivity contribution in [2.24, 2.45) is 5.92 Å². The van der Waals surface area contributed by atoms with Gasteiger partial charge in [0.1, 0.15) is 5.75 Å². The highest BCUT2D eigenvalue weighted by molar-refractivity contribution is 7.86. The van der Waals surface area contributed by atoms with Gasteiger partial charge in [-0.3, -0.25) is 4.79 Å². The SMILES string of the molecule is COCCN(Cc1ccccc1OS(C)(=O)=O)C(=O)C1CCC1. The minimum Gasteiger partial charge on any atom is -0.383 e. The average Bonchev–Trinajstić information content (AvgIpc) is 2.41. The zero-order valence-corrected chi connectivity index (χ0v) is 14.3. The van der Waals surface area contributed by atoms with Crippen LogP contribution in [0, 0.1) is 5.92 Å². The number of para-hydroxylation sites is 1. The summed E-state index contributed by atoms with van der Waals surface area (Å²) in [7, 11) is -2.02. The Bertz CT molecular complexity index is 640. The molecule has 0 saturated heterocycles. The van der Waals surface area contributed by atoms with E-state index in [0.29, 0.717) is 25.3 Å². The zero-order chi connectivity index (χ0) is 16.9. The van der Waals surface area contributed by atoms with Crippen molar-refractivity contribution >= 4 is 16.0 Å². The first kappa shape index (κ1) is 17.7. The maximum absolute atomic E-state index is 12.5. The summed E-state index contributed by atoms with van der Waals surface area (Å²) in [6.07, 6.45) is 3.93. The fourth-order valence-electron chi connectivity index (χ4n) is 2.47. The monoisotopic (exact) mass is 341 g/mol. The van der Waals surface area contributed by atoms with Gasteiger partial charge in [-0.25, -0.2) is 0 Å². The van der Waals surface area contributed by atoms with E-state index >= 15 is 0 Å². The van der Waals surface area contributed by atoms with E-state index < -0.39 is 10.1 Å². The summed E-state index contributed by atoms with van der Waals surface area (Å²) in [5.74, 6) is 0.441. The molecule has 0 atom stereocenters. The molecular formula is C16H23NO5S. The number of benzene rings is 1. The Morgan fingerprint density at radius 2 is 2.00 bits per heavy atom. The van der Waals surface area contributed by atoms with Crippen LogP contribution in [0.1, 0.15) is 24.8 Å². The zero-order valence-electron chi connectivity index (χ0n) is 13.5. The molecule has 0 spiro atoms. The van der Waals surface area contributed by atoms with Gasteiger partial charge in [-0.05, 0) is 18.9 Å². The molecule has 128 valence electrons. The second-order valence-electron chi connectivity index (χ2n) is 5.78. The third kappa shape index (κ3) is 5.21. The van der Waals surface area contributed by atoms with Crippen molar-refractivity contribution in [3.63, 3.8) is 0 Å². The van der Waals surface area contributed by atoms with E-state index in [1.54, 1.807) is 36.3 Å². The van der Waals surface area contributed by atoms with E-state index in [9.17, 15) is 13.2 Å². The van der Waals surface area contributed by atoms with Crippen LogP contribution in [0.3, 0.4) is 0 Å². The first-order valence-corrected chi connectivity index (χ1v) is 9.47. The molecule has 1 aliphatic carbocycles. The minimum atomic E-state index is -3.61. The van der Waals surface area contributed by atoms with Crippen molar-refractivity contribution < 1.29 is 22.1 Å². The molecule has 0 heterocycles. The van der Waals surface area contributed by atoms with Crippen LogP contribution < -0.4 is 4.18 Å². The van der Waals surface area contributed by atoms with Crippen molar-refractivity contribution in [3.8, 4) is 5.75 Å². The molecule has 2 rings (SSSR count). The van der Waals surface area contributed by atoms with Crippen molar-refractivity contribution in [3.05, 3.63) is 29.8 Å². The van der Waals surface area contributed by atoms with Gasteiger partial charge in [0.25, 0.3) is 0 Å². The predicted molar refractivity (Wildman–Crippen MR) is 86.5 cm³/mol. The van der Waals surface area contributed by atoms with Crippen LogP contribution in [-0.2, 0) is 26.2 Å². The summed E-state index contributed by atoms with van der Waals surface area (Å²) in [6, 6.07) is 6.87. The third-order valence-corrected chi connectivity index (χ3v) is 4.39. The number of nitrogens with zero attached hydrogens (tertiary/aromatic N) is 1. The van der Waals surface area contributed by atoms with Gasteiger partial charge in [0, 0.05) is 31.7 Å². The Hall–Kier alpha value is -1.60. The Labute approximate surface area is 137 Å². The maximum Gasteiger partial charge on any atom is 0.306 e. The van der Waals surface area contributed by atoms with E-state index in [2.05, 4.69) is 0 Å². The minimum absolute atomic E-state index is 0.0786. The number of ether oxygens (including phenoxy) is 1. The quantitative estimate of drug-likeness (QED) is 0.674. The predicted octanol–water partition coefficient (Wildman–Crippen LogP) is 1.80. The molecule has 0 aromatic heterocycles. The molecule has 0 N–H and O–H groups in total. The van der Waals surface area contributed by atoms with Crippen LogP contribution in [0.25, 0.3) is 0 Å². The standard InChI is InChI=1S/C16H23NO5S/c1-21-11-10-17(16(18)13-7-5-8-13)12-14-6-3-4-9-15(14)22-23(2,19)20/h3-4,6,9,13H,5,7-8,10-12H2,1-2H3. The molecule has 1 aliphatic rings. The van der Waals surface area contributed by atoms with E-state index in [4.69, 9.17) is 8.92 Å². The summed E-state index contributed by atoms with van der Waals surface area (Å²) in [4.78, 5) is 14.3. The average molecular weight is 341 g/mol. The maximum atomic E-state index is 12.5. The summed E-state index contributed by atoms with van der Waals surface area (Å²) in [6.45, 7) is 1.22. The Morgan fingerprint density at radius 3 is 2.57 bits per heavy atom. The third-order valence-electron chi connectivity index (χ3n) is 3.91. The molecular weight excluding hydrogens is 318 g/mol. The molecule has 1 saturated carbocycles. The fourth-order valence-corrected chi connectivity index (χ4v) is 2.96. The highest BCUT2D eigenvalue weighted by Gasteiger charge is 2.29. The molecule has 1 aromatic carbocycles. The van der Waals surface area contributed by atoms with Gasteiger partial charge >= 0.3 is 10.1 Å². The van der Waals surface area contributed by atoms with Gasteiger partial charge < -0.3 is 13.8 Å². The number of amides is 1. The Balaban J connectivity index is 2.16. The van der Waals surface area contributed by atoms with Crippen LogP contribution >= 0.6 is 0 Å². The lowest BCUT2D eigenvalue weighted by Crippen LogP contribution is -2.40. The number of rotatable bonds is 8. The topological polar surface area (TPSA) is 72.9 Å². The van der Waals surface area contributed by atoms with Crippen molar-refractivity contribution in [2.75, 3.05) is 26.5 Å². The van der Waals surface area contributed by atoms with Crippen LogP contribution in [0.5, 0.6) is 5.75 Å². The second-order valence-corrected chi connectivity index (χ2v) is 7.35. The van der Waals surface area contributed by atoms with Crippen LogP contribution in [0.2, 0.25) is 0 Å². The lowest BCUT2D eigenvalue weighted by atomic mass is 9.84. The normalized spacial score (nSPS) is 15.0. The molecule has 0 radical (unpaired) electrons. The summed E-state index contributed by atoms with van der Waals surface area (Å²) in [5.41, 5.74) is 0.668. The van der Waals surface area contributed by atoms with Gasteiger partial charge in [-0.2, -0.15) is 8.42 Å². The van der Waals surface area contributed by atoms with E-state index in [0.717, 1.165) is 25.5 Å². The molecule has 6 nitrogen and oxygen atoms in total. The number of hydrogen-bond donors (Lipinski definition) is 0. The van der Waals surface area contributed by atoms with Crippen LogP contribution in [-0.4, -0.2) is 45.7 Å². The Kier molecular flexibility index (Phi) is 6.01. The molecule has 1 amide bonds. The molecule has 23 heavy (non-hydrogen) atoms. The molecule has 1 fully saturated rings. The van der Waals surface area contributed by atoms with E-state index in [1.807, 2.05) is 0 Å². The van der Waals surface area contributed by atoms with Gasteiger partial charge in [-0.15, -0.1) is 0 Å². The highest BCUT2D eigenvalue weighted by atomic mass is 32.2. The molecule has 0 bridgehead atoms. The first-order chi connectivity index (χ1) is 10.9. The molecule has 0 unspecified atom stereocenters. The molecule has 1 aromatic rings. The van der Waals surface area contributed by atoms with Gasteiger partial charge in [0.15, 0.2) is 0 Å². The van der Waals surface area contributed by atoms with Crippen molar-refractivity contribution in [2.45, 2.75) is 25.8 Å². The lowest BCUT2D eigenvalue weighted by molar-refractivity contribution is -0.139. The summed E-state index contributed by atoms with van der Waals surface area (Å²) < 4.78 is 32.9. The fraction of sp³-hybridized carbons (Fsp3) is 0.562. The highest BCUT2D eigenvalue weighted by Crippen LogP contribution is 2.29. The van der Waals surface area contributed by atoms with Crippen molar-refractivity contribution in [1.82, 2.24) is 4.90 Å². The number of carbonyl (C=O) groups excluding carboxylic acids is 1. The van der Waals surface area contributed by atoms with Gasteiger partial charge in [0.2, 0.25) is 5.91 Å². The molecule has 0 aliphatic heterocycles. The number of methoxy groups -OCH3 is 1. The summed E-state index contributed by atoms with van der Waals surface area (Å²) in [5, 5.41) is 0. The number of carbonyl (C=O) groups is 1. The number of hydrogen-bond acceptors (Lipinski definition) is 5. The van der Waals surface area contributed by atoms with Crippen LogP contribution in [0.4, 0.5) is 0 Å².